The molecule has 4 nitrogen and oxygen atoms in total. The van der Waals surface area contributed by atoms with Gasteiger partial charge in [-0.15, -0.1) is 0 Å². The molecule has 1 aromatic heterocycles. The van der Waals surface area contributed by atoms with Crippen molar-refractivity contribution in [1.29, 1.82) is 0 Å². The second-order valence-corrected chi connectivity index (χ2v) is 5.91. The smallest absolute Gasteiger partial charge is 0.119 e. The fourth-order valence-electron chi connectivity index (χ4n) is 2.66. The van der Waals surface area contributed by atoms with Crippen molar-refractivity contribution in [3.8, 4) is 5.75 Å². The van der Waals surface area contributed by atoms with Crippen LogP contribution >= 0.6 is 11.6 Å². The summed E-state index contributed by atoms with van der Waals surface area (Å²) in [5.74, 6) is 0.913. The lowest BCUT2D eigenvalue weighted by molar-refractivity contribution is 0.101. The van der Waals surface area contributed by atoms with Crippen molar-refractivity contribution >= 4 is 11.6 Å². The zero-order valence-electron chi connectivity index (χ0n) is 12.0. The minimum Gasteiger partial charge on any atom is -0.490 e. The normalized spacial score (nSPS) is 17.0. The van der Waals surface area contributed by atoms with Crippen LogP contribution in [0.3, 0.4) is 0 Å². The van der Waals surface area contributed by atoms with E-state index in [0.29, 0.717) is 6.10 Å². The number of aromatic amines is 1. The largest absolute Gasteiger partial charge is 0.490 e. The average Bonchev–Trinajstić information content (AvgIpc) is 3.02. The van der Waals surface area contributed by atoms with E-state index < -0.39 is 0 Å². The minimum atomic E-state index is 0.316. The van der Waals surface area contributed by atoms with Crippen LogP contribution in [0, 0.1) is 0 Å². The maximum absolute atomic E-state index is 6.01. The van der Waals surface area contributed by atoms with Crippen LogP contribution < -0.4 is 4.74 Å². The van der Waals surface area contributed by atoms with Gasteiger partial charge in [0.1, 0.15) is 11.9 Å². The first-order chi connectivity index (χ1) is 10.3. The van der Waals surface area contributed by atoms with Crippen molar-refractivity contribution in [3.05, 3.63) is 47.2 Å². The van der Waals surface area contributed by atoms with E-state index in [9.17, 15) is 0 Å². The SMILES string of the molecule is Clc1ccc(OC2CCN(CCc3cn[nH]c3)CC2)cc1. The summed E-state index contributed by atoms with van der Waals surface area (Å²) in [6.45, 7) is 3.28. The summed E-state index contributed by atoms with van der Waals surface area (Å²) in [6.07, 6.45) is 7.39. The van der Waals surface area contributed by atoms with E-state index in [1.807, 2.05) is 36.7 Å². The summed E-state index contributed by atoms with van der Waals surface area (Å²) in [5, 5.41) is 7.58. The van der Waals surface area contributed by atoms with Crippen LogP contribution in [0.1, 0.15) is 18.4 Å². The second kappa shape index (κ2) is 6.96. The van der Waals surface area contributed by atoms with E-state index in [-0.39, 0.29) is 0 Å². The number of piperidine rings is 1. The molecule has 1 aromatic carbocycles. The van der Waals surface area contributed by atoms with Crippen LogP contribution in [0.25, 0.3) is 0 Å². The van der Waals surface area contributed by atoms with Gasteiger partial charge in [-0.1, -0.05) is 11.6 Å². The van der Waals surface area contributed by atoms with Gasteiger partial charge in [0.25, 0.3) is 0 Å². The number of hydrogen-bond donors (Lipinski definition) is 1. The lowest BCUT2D eigenvalue weighted by atomic mass is 10.1. The van der Waals surface area contributed by atoms with Gasteiger partial charge < -0.3 is 9.64 Å². The van der Waals surface area contributed by atoms with Crippen molar-refractivity contribution in [2.75, 3.05) is 19.6 Å². The second-order valence-electron chi connectivity index (χ2n) is 5.47. The van der Waals surface area contributed by atoms with Gasteiger partial charge in [-0.05, 0) is 49.1 Å². The molecular weight excluding hydrogens is 286 g/mol. The molecule has 1 saturated heterocycles. The predicted molar refractivity (Wildman–Crippen MR) is 83.8 cm³/mol. The van der Waals surface area contributed by atoms with Crippen LogP contribution in [-0.4, -0.2) is 40.8 Å². The number of benzene rings is 1. The molecule has 1 aliphatic rings. The maximum Gasteiger partial charge on any atom is 0.119 e. The fourth-order valence-corrected chi connectivity index (χ4v) is 2.78. The summed E-state index contributed by atoms with van der Waals surface area (Å²) in [5.41, 5.74) is 1.27. The first-order valence-corrected chi connectivity index (χ1v) is 7.79. The summed E-state index contributed by atoms with van der Waals surface area (Å²) < 4.78 is 6.01. The van der Waals surface area contributed by atoms with Gasteiger partial charge in [0, 0.05) is 30.9 Å². The Morgan fingerprint density at radius 1 is 1.24 bits per heavy atom. The molecule has 0 aliphatic carbocycles. The molecule has 0 spiro atoms. The Balaban J connectivity index is 1.41. The highest BCUT2D eigenvalue weighted by atomic mass is 35.5. The van der Waals surface area contributed by atoms with Crippen LogP contribution in [0.4, 0.5) is 0 Å². The van der Waals surface area contributed by atoms with Crippen LogP contribution in [0.2, 0.25) is 5.02 Å². The fraction of sp³-hybridized carbons (Fsp3) is 0.438. The first kappa shape index (κ1) is 14.4. The van der Waals surface area contributed by atoms with Crippen molar-refractivity contribution in [2.45, 2.75) is 25.4 Å². The molecule has 0 saturated carbocycles. The number of nitrogens with one attached hydrogen (secondary N) is 1. The highest BCUT2D eigenvalue weighted by Crippen LogP contribution is 2.21. The molecule has 3 rings (SSSR count). The third-order valence-corrected chi connectivity index (χ3v) is 4.17. The Bertz CT molecular complexity index is 533. The molecule has 0 amide bonds. The molecular formula is C16H20ClN3O. The summed E-state index contributed by atoms with van der Waals surface area (Å²) in [6, 6.07) is 7.62. The number of ether oxygens (including phenoxy) is 1. The summed E-state index contributed by atoms with van der Waals surface area (Å²) >= 11 is 5.88. The van der Waals surface area contributed by atoms with Gasteiger partial charge in [-0.25, -0.2) is 0 Å². The number of halogens is 1. The molecule has 0 bridgehead atoms. The van der Waals surface area contributed by atoms with Gasteiger partial charge in [-0.3, -0.25) is 5.10 Å². The Labute approximate surface area is 130 Å². The van der Waals surface area contributed by atoms with Gasteiger partial charge >= 0.3 is 0 Å². The van der Waals surface area contributed by atoms with E-state index in [4.69, 9.17) is 16.3 Å². The number of aromatic nitrogens is 2. The maximum atomic E-state index is 6.01. The van der Waals surface area contributed by atoms with E-state index in [2.05, 4.69) is 15.1 Å². The first-order valence-electron chi connectivity index (χ1n) is 7.42. The Morgan fingerprint density at radius 2 is 2.00 bits per heavy atom. The molecule has 0 radical (unpaired) electrons. The zero-order chi connectivity index (χ0) is 14.5. The van der Waals surface area contributed by atoms with E-state index in [1.54, 1.807) is 0 Å². The Hall–Kier alpha value is -1.52. The number of rotatable bonds is 5. The van der Waals surface area contributed by atoms with Crippen LogP contribution in [0.5, 0.6) is 5.75 Å². The van der Waals surface area contributed by atoms with E-state index in [0.717, 1.165) is 49.7 Å². The van der Waals surface area contributed by atoms with Crippen LogP contribution in [0.15, 0.2) is 36.7 Å². The molecule has 21 heavy (non-hydrogen) atoms. The average molecular weight is 306 g/mol. The standard InChI is InChI=1S/C16H20ClN3O/c17-14-1-3-15(4-2-14)21-16-6-9-20(10-7-16)8-5-13-11-18-19-12-13/h1-4,11-12,16H,5-10H2,(H,18,19). The predicted octanol–water partition coefficient (Wildman–Crippen LogP) is 3.15. The third-order valence-electron chi connectivity index (χ3n) is 3.92. The topological polar surface area (TPSA) is 41.1 Å². The summed E-state index contributed by atoms with van der Waals surface area (Å²) in [4.78, 5) is 2.49. The monoisotopic (exact) mass is 305 g/mol. The number of likely N-dealkylation sites (tertiary alicyclic amines) is 1. The highest BCUT2D eigenvalue weighted by Gasteiger charge is 2.20. The molecule has 2 aromatic rings. The van der Waals surface area contributed by atoms with Crippen molar-refractivity contribution in [2.24, 2.45) is 0 Å². The molecule has 1 fully saturated rings. The third kappa shape index (κ3) is 4.22. The Kier molecular flexibility index (Phi) is 4.78. The van der Waals surface area contributed by atoms with E-state index in [1.165, 1.54) is 5.56 Å². The number of H-pyrrole nitrogens is 1. The van der Waals surface area contributed by atoms with Gasteiger partial charge in [-0.2, -0.15) is 5.10 Å². The molecule has 5 heteroatoms. The number of hydrogen-bond acceptors (Lipinski definition) is 3. The lowest BCUT2D eigenvalue weighted by Gasteiger charge is -2.32. The molecule has 0 unspecified atom stereocenters. The molecule has 1 N–H and O–H groups in total. The highest BCUT2D eigenvalue weighted by molar-refractivity contribution is 6.30. The van der Waals surface area contributed by atoms with Gasteiger partial charge in [0.2, 0.25) is 0 Å². The zero-order valence-corrected chi connectivity index (χ0v) is 12.7. The van der Waals surface area contributed by atoms with Crippen molar-refractivity contribution < 1.29 is 4.74 Å². The lowest BCUT2D eigenvalue weighted by Crippen LogP contribution is -2.39. The Morgan fingerprint density at radius 3 is 2.67 bits per heavy atom. The van der Waals surface area contributed by atoms with Gasteiger partial charge in [0.05, 0.1) is 6.20 Å². The van der Waals surface area contributed by atoms with Crippen LogP contribution in [-0.2, 0) is 6.42 Å². The molecule has 0 atom stereocenters. The number of nitrogens with zero attached hydrogens (tertiary/aromatic N) is 2. The molecule has 1 aliphatic heterocycles. The minimum absolute atomic E-state index is 0.316. The van der Waals surface area contributed by atoms with Crippen molar-refractivity contribution in [3.63, 3.8) is 0 Å². The molecule has 2 heterocycles. The van der Waals surface area contributed by atoms with E-state index >= 15 is 0 Å². The summed E-state index contributed by atoms with van der Waals surface area (Å²) in [7, 11) is 0. The van der Waals surface area contributed by atoms with Crippen molar-refractivity contribution in [1.82, 2.24) is 15.1 Å². The quantitative estimate of drug-likeness (QED) is 0.922. The van der Waals surface area contributed by atoms with Gasteiger partial charge in [0.15, 0.2) is 0 Å². The molecule has 112 valence electrons.